The van der Waals surface area contributed by atoms with Crippen molar-refractivity contribution in [2.75, 3.05) is 13.7 Å². The van der Waals surface area contributed by atoms with Crippen LogP contribution in [0.15, 0.2) is 23.8 Å². The van der Waals surface area contributed by atoms with Crippen LogP contribution < -0.4 is 4.74 Å². The highest BCUT2D eigenvalue weighted by Crippen LogP contribution is 2.25. The van der Waals surface area contributed by atoms with E-state index in [1.165, 1.54) is 18.7 Å². The summed E-state index contributed by atoms with van der Waals surface area (Å²) in [6.07, 6.45) is 2.45. The van der Waals surface area contributed by atoms with Crippen LogP contribution in [0.3, 0.4) is 0 Å². The average Bonchev–Trinajstić information content (AvgIpc) is 2.45. The van der Waals surface area contributed by atoms with Crippen molar-refractivity contribution in [1.82, 2.24) is 0 Å². The first kappa shape index (κ1) is 16.8. The van der Waals surface area contributed by atoms with E-state index in [1.807, 2.05) is 31.2 Å². The van der Waals surface area contributed by atoms with Crippen LogP contribution in [0.25, 0.3) is 6.08 Å². The van der Waals surface area contributed by atoms with E-state index in [-0.39, 0.29) is 5.57 Å². The van der Waals surface area contributed by atoms with Gasteiger partial charge in [-0.25, -0.2) is 4.79 Å². The molecule has 0 bridgehead atoms. The number of carbonyl (C=O) groups is 1. The molecule has 112 valence electrons. The Bertz CT molecular complexity index is 568. The Morgan fingerprint density at radius 1 is 1.43 bits per heavy atom. The second kappa shape index (κ2) is 8.11. The normalized spacial score (nSPS) is 11.1. The lowest BCUT2D eigenvalue weighted by Gasteiger charge is -2.11. The van der Waals surface area contributed by atoms with Crippen LogP contribution in [-0.2, 0) is 16.0 Å². The lowest BCUT2D eigenvalue weighted by atomic mass is 10.0. The molecule has 0 unspecified atom stereocenters. The predicted molar refractivity (Wildman–Crippen MR) is 81.8 cm³/mol. The van der Waals surface area contributed by atoms with Crippen molar-refractivity contribution in [2.24, 2.45) is 5.92 Å². The Morgan fingerprint density at radius 2 is 2.14 bits per heavy atom. The average molecular weight is 287 g/mol. The van der Waals surface area contributed by atoms with E-state index in [0.29, 0.717) is 23.8 Å². The van der Waals surface area contributed by atoms with Gasteiger partial charge in [0, 0.05) is 5.56 Å². The maximum atomic E-state index is 11.5. The van der Waals surface area contributed by atoms with Gasteiger partial charge in [0.25, 0.3) is 0 Å². The molecule has 0 aliphatic heterocycles. The summed E-state index contributed by atoms with van der Waals surface area (Å²) in [7, 11) is 1.25. The van der Waals surface area contributed by atoms with Gasteiger partial charge in [-0.1, -0.05) is 26.0 Å². The number of benzene rings is 1. The third-order valence-corrected chi connectivity index (χ3v) is 2.85. The van der Waals surface area contributed by atoms with Gasteiger partial charge in [-0.3, -0.25) is 0 Å². The number of nitrogens with zero attached hydrogens (tertiary/aromatic N) is 1. The number of rotatable bonds is 6. The molecule has 0 spiro atoms. The van der Waals surface area contributed by atoms with Gasteiger partial charge >= 0.3 is 5.97 Å². The van der Waals surface area contributed by atoms with E-state index in [2.05, 4.69) is 18.6 Å². The minimum atomic E-state index is -0.647. The highest BCUT2D eigenvalue weighted by atomic mass is 16.5. The summed E-state index contributed by atoms with van der Waals surface area (Å²) in [5, 5.41) is 9.02. The fourth-order valence-electron chi connectivity index (χ4n) is 1.98. The summed E-state index contributed by atoms with van der Waals surface area (Å²) < 4.78 is 10.2. The summed E-state index contributed by atoms with van der Waals surface area (Å²) in [5.41, 5.74) is 1.82. The first-order chi connectivity index (χ1) is 10.0. The molecule has 0 atom stereocenters. The maximum Gasteiger partial charge on any atom is 0.348 e. The maximum absolute atomic E-state index is 11.5. The first-order valence-electron chi connectivity index (χ1n) is 6.97. The van der Waals surface area contributed by atoms with E-state index < -0.39 is 5.97 Å². The fraction of sp³-hybridized carbons (Fsp3) is 0.412. The molecule has 4 nitrogen and oxygen atoms in total. The number of ether oxygens (including phenoxy) is 2. The van der Waals surface area contributed by atoms with E-state index in [4.69, 9.17) is 10.00 Å². The minimum absolute atomic E-state index is 0.0462. The molecular weight excluding hydrogens is 266 g/mol. The quantitative estimate of drug-likeness (QED) is 0.457. The zero-order valence-electron chi connectivity index (χ0n) is 13.0. The Hall–Kier alpha value is -2.28. The van der Waals surface area contributed by atoms with Crippen LogP contribution in [0.2, 0.25) is 0 Å². The van der Waals surface area contributed by atoms with Crippen LogP contribution in [0.5, 0.6) is 5.75 Å². The largest absolute Gasteiger partial charge is 0.493 e. The zero-order valence-corrected chi connectivity index (χ0v) is 13.0. The SMILES string of the molecule is CCOc1cc(CC(C)C)ccc1C=C(C#N)C(=O)OC. The smallest absolute Gasteiger partial charge is 0.348 e. The van der Waals surface area contributed by atoms with Crippen molar-refractivity contribution in [3.63, 3.8) is 0 Å². The van der Waals surface area contributed by atoms with Crippen molar-refractivity contribution < 1.29 is 14.3 Å². The molecule has 0 aliphatic carbocycles. The van der Waals surface area contributed by atoms with Crippen LogP contribution in [0.4, 0.5) is 0 Å². The molecule has 0 amide bonds. The van der Waals surface area contributed by atoms with Gasteiger partial charge in [0.15, 0.2) is 0 Å². The van der Waals surface area contributed by atoms with E-state index in [0.717, 1.165) is 6.42 Å². The van der Waals surface area contributed by atoms with Gasteiger partial charge in [0.1, 0.15) is 17.4 Å². The van der Waals surface area contributed by atoms with Gasteiger partial charge in [0.2, 0.25) is 0 Å². The molecule has 0 radical (unpaired) electrons. The van der Waals surface area contributed by atoms with Crippen LogP contribution in [0.1, 0.15) is 31.9 Å². The molecule has 0 N–H and O–H groups in total. The number of nitriles is 1. The number of esters is 1. The van der Waals surface area contributed by atoms with Crippen molar-refractivity contribution in [1.29, 1.82) is 5.26 Å². The van der Waals surface area contributed by atoms with E-state index in [1.54, 1.807) is 0 Å². The number of hydrogen-bond donors (Lipinski definition) is 0. The Morgan fingerprint density at radius 3 is 2.67 bits per heavy atom. The second-order valence-corrected chi connectivity index (χ2v) is 5.06. The third-order valence-electron chi connectivity index (χ3n) is 2.85. The molecule has 1 aromatic rings. The molecule has 0 aliphatic rings. The number of methoxy groups -OCH3 is 1. The molecule has 1 rings (SSSR count). The zero-order chi connectivity index (χ0) is 15.8. The van der Waals surface area contributed by atoms with Crippen molar-refractivity contribution >= 4 is 12.0 Å². The predicted octanol–water partition coefficient (Wildman–Crippen LogP) is 3.36. The Kier molecular flexibility index (Phi) is 6.48. The monoisotopic (exact) mass is 287 g/mol. The van der Waals surface area contributed by atoms with Crippen LogP contribution in [0, 0.1) is 17.2 Å². The fourth-order valence-corrected chi connectivity index (χ4v) is 1.98. The number of carbonyl (C=O) groups excluding carboxylic acids is 1. The van der Waals surface area contributed by atoms with Gasteiger partial charge in [-0.05, 0) is 37.0 Å². The van der Waals surface area contributed by atoms with Gasteiger partial charge in [-0.15, -0.1) is 0 Å². The molecule has 0 aromatic heterocycles. The molecule has 0 heterocycles. The molecule has 0 saturated heterocycles. The Balaban J connectivity index is 3.20. The standard InChI is InChI=1S/C17H21NO3/c1-5-21-16-9-13(8-12(2)3)6-7-14(16)10-15(11-18)17(19)20-4/h6-7,9-10,12H,5,8H2,1-4H3. The van der Waals surface area contributed by atoms with Gasteiger partial charge < -0.3 is 9.47 Å². The van der Waals surface area contributed by atoms with Gasteiger partial charge in [-0.2, -0.15) is 5.26 Å². The summed E-state index contributed by atoms with van der Waals surface area (Å²) in [6, 6.07) is 7.66. The molecule has 4 heteroatoms. The van der Waals surface area contributed by atoms with Crippen molar-refractivity contribution in [2.45, 2.75) is 27.2 Å². The summed E-state index contributed by atoms with van der Waals surface area (Å²) >= 11 is 0. The molecule has 0 saturated carbocycles. The molecular formula is C17H21NO3. The van der Waals surface area contributed by atoms with E-state index >= 15 is 0 Å². The lowest BCUT2D eigenvalue weighted by Crippen LogP contribution is -2.03. The molecule has 21 heavy (non-hydrogen) atoms. The summed E-state index contributed by atoms with van der Waals surface area (Å²) in [6.45, 7) is 6.72. The van der Waals surface area contributed by atoms with Gasteiger partial charge in [0.05, 0.1) is 13.7 Å². The molecule has 0 fully saturated rings. The summed E-state index contributed by atoms with van der Waals surface area (Å²) in [5.74, 6) is 0.573. The van der Waals surface area contributed by atoms with E-state index in [9.17, 15) is 4.79 Å². The summed E-state index contributed by atoms with van der Waals surface area (Å²) in [4.78, 5) is 11.5. The van der Waals surface area contributed by atoms with Crippen molar-refractivity contribution in [3.8, 4) is 11.8 Å². The Labute approximate surface area is 126 Å². The topological polar surface area (TPSA) is 59.3 Å². The lowest BCUT2D eigenvalue weighted by molar-refractivity contribution is -0.135. The highest BCUT2D eigenvalue weighted by Gasteiger charge is 2.11. The molecule has 1 aromatic carbocycles. The third kappa shape index (κ3) is 4.96. The van der Waals surface area contributed by atoms with Crippen LogP contribution in [-0.4, -0.2) is 19.7 Å². The minimum Gasteiger partial charge on any atom is -0.493 e. The van der Waals surface area contributed by atoms with Crippen molar-refractivity contribution in [3.05, 3.63) is 34.9 Å². The second-order valence-electron chi connectivity index (χ2n) is 5.06. The number of hydrogen-bond acceptors (Lipinski definition) is 4. The highest BCUT2D eigenvalue weighted by molar-refractivity contribution is 5.98. The van der Waals surface area contributed by atoms with Crippen LogP contribution >= 0.6 is 0 Å². The first-order valence-corrected chi connectivity index (χ1v) is 6.97.